The summed E-state index contributed by atoms with van der Waals surface area (Å²) in [7, 11) is 1.95. The largest absolute Gasteiger partial charge is 0.329 e. The van der Waals surface area contributed by atoms with Crippen LogP contribution in [0.4, 0.5) is 0 Å². The molecule has 1 unspecified atom stereocenters. The first-order valence-corrected chi connectivity index (χ1v) is 5.00. The average Bonchev–Trinajstić information content (AvgIpc) is 2.44. The Bertz CT molecular complexity index is 290. The second kappa shape index (κ2) is 4.57. The van der Waals surface area contributed by atoms with Crippen LogP contribution in [0, 0.1) is 6.92 Å². The van der Waals surface area contributed by atoms with E-state index in [4.69, 9.17) is 5.73 Å². The van der Waals surface area contributed by atoms with Crippen molar-refractivity contribution < 1.29 is 0 Å². The average molecular weight is 196 g/mol. The number of nitrogens with zero attached hydrogens (tertiary/aromatic N) is 2. The fourth-order valence-electron chi connectivity index (χ4n) is 1.54. The van der Waals surface area contributed by atoms with Crippen molar-refractivity contribution >= 4 is 0 Å². The Kier molecular flexibility index (Phi) is 3.66. The number of hydrogen-bond acceptors (Lipinski definition) is 3. The lowest BCUT2D eigenvalue weighted by Crippen LogP contribution is -2.33. The van der Waals surface area contributed by atoms with Crippen molar-refractivity contribution in [2.75, 3.05) is 6.54 Å². The second-order valence-corrected chi connectivity index (χ2v) is 3.92. The molecule has 14 heavy (non-hydrogen) atoms. The number of aryl methyl sites for hydroxylation is 1. The molecule has 0 saturated carbocycles. The third kappa shape index (κ3) is 2.33. The molecule has 0 spiro atoms. The van der Waals surface area contributed by atoms with Crippen LogP contribution in [-0.2, 0) is 7.05 Å². The predicted molar refractivity (Wildman–Crippen MR) is 58.0 cm³/mol. The molecule has 0 bridgehead atoms. The van der Waals surface area contributed by atoms with Crippen LogP contribution < -0.4 is 11.1 Å². The maximum absolute atomic E-state index is 5.73. The van der Waals surface area contributed by atoms with Crippen LogP contribution in [0.15, 0.2) is 6.20 Å². The van der Waals surface area contributed by atoms with Crippen molar-refractivity contribution in [1.82, 2.24) is 15.1 Å². The summed E-state index contributed by atoms with van der Waals surface area (Å²) in [6, 6.07) is 0.645. The summed E-state index contributed by atoms with van der Waals surface area (Å²) in [6.45, 7) is 6.90. The minimum atomic E-state index is 0.212. The Morgan fingerprint density at radius 1 is 1.57 bits per heavy atom. The van der Waals surface area contributed by atoms with Crippen LogP contribution in [0.1, 0.15) is 31.1 Å². The normalized spacial score (nSPS) is 13.6. The Balaban J connectivity index is 2.84. The molecule has 0 saturated heterocycles. The zero-order chi connectivity index (χ0) is 10.7. The van der Waals surface area contributed by atoms with Gasteiger partial charge in [-0.3, -0.25) is 4.68 Å². The summed E-state index contributed by atoms with van der Waals surface area (Å²) in [6.07, 6.45) is 1.89. The highest BCUT2D eigenvalue weighted by atomic mass is 15.3. The highest BCUT2D eigenvalue weighted by Crippen LogP contribution is 2.15. The van der Waals surface area contributed by atoms with Gasteiger partial charge in [0, 0.05) is 36.9 Å². The van der Waals surface area contributed by atoms with Gasteiger partial charge in [-0.25, -0.2) is 0 Å². The lowest BCUT2D eigenvalue weighted by atomic mass is 10.1. The monoisotopic (exact) mass is 196 g/mol. The second-order valence-electron chi connectivity index (χ2n) is 3.92. The van der Waals surface area contributed by atoms with Crippen molar-refractivity contribution in [2.45, 2.75) is 32.9 Å². The van der Waals surface area contributed by atoms with E-state index in [-0.39, 0.29) is 6.04 Å². The summed E-state index contributed by atoms with van der Waals surface area (Å²) in [5, 5.41) is 7.64. The van der Waals surface area contributed by atoms with Crippen molar-refractivity contribution in [1.29, 1.82) is 0 Å². The molecule has 0 aromatic carbocycles. The van der Waals surface area contributed by atoms with Crippen molar-refractivity contribution in [3.8, 4) is 0 Å². The Labute approximate surface area is 85.5 Å². The van der Waals surface area contributed by atoms with E-state index in [1.807, 2.05) is 17.9 Å². The Hall–Kier alpha value is -0.870. The van der Waals surface area contributed by atoms with Crippen LogP contribution in [0.2, 0.25) is 0 Å². The first kappa shape index (κ1) is 11.2. The smallest absolute Gasteiger partial charge is 0.0540 e. The number of hydrogen-bond donors (Lipinski definition) is 2. The number of nitrogens with one attached hydrogen (secondary N) is 1. The van der Waals surface area contributed by atoms with Gasteiger partial charge in [-0.05, 0) is 6.92 Å². The molecule has 0 aliphatic heterocycles. The highest BCUT2D eigenvalue weighted by Gasteiger charge is 2.15. The zero-order valence-corrected chi connectivity index (χ0v) is 9.41. The molecule has 3 N–H and O–H groups in total. The molecule has 80 valence electrons. The third-order valence-corrected chi connectivity index (χ3v) is 2.42. The molecule has 0 fully saturated rings. The summed E-state index contributed by atoms with van der Waals surface area (Å²) < 4.78 is 1.88. The zero-order valence-electron chi connectivity index (χ0n) is 9.41. The first-order valence-electron chi connectivity index (χ1n) is 5.00. The molecule has 4 heteroatoms. The van der Waals surface area contributed by atoms with E-state index in [1.54, 1.807) is 0 Å². The number of rotatable bonds is 4. The van der Waals surface area contributed by atoms with Gasteiger partial charge < -0.3 is 11.1 Å². The molecular formula is C10H20N4. The van der Waals surface area contributed by atoms with Gasteiger partial charge in [-0.1, -0.05) is 13.8 Å². The fourth-order valence-corrected chi connectivity index (χ4v) is 1.54. The molecule has 4 nitrogen and oxygen atoms in total. The van der Waals surface area contributed by atoms with Crippen molar-refractivity contribution in [3.63, 3.8) is 0 Å². The Morgan fingerprint density at radius 2 is 2.21 bits per heavy atom. The van der Waals surface area contributed by atoms with E-state index >= 15 is 0 Å². The number of nitrogens with two attached hydrogens (primary N) is 1. The quantitative estimate of drug-likeness (QED) is 0.746. The molecular weight excluding hydrogens is 176 g/mol. The fraction of sp³-hybridized carbons (Fsp3) is 0.700. The van der Waals surface area contributed by atoms with Gasteiger partial charge in [0.15, 0.2) is 0 Å². The Morgan fingerprint density at radius 3 is 2.57 bits per heavy atom. The molecule has 0 aliphatic rings. The molecule has 0 aliphatic carbocycles. The van der Waals surface area contributed by atoms with E-state index in [2.05, 4.69) is 31.2 Å². The topological polar surface area (TPSA) is 55.9 Å². The van der Waals surface area contributed by atoms with Gasteiger partial charge in [-0.2, -0.15) is 5.10 Å². The maximum atomic E-state index is 5.73. The predicted octanol–water partition coefficient (Wildman–Crippen LogP) is 0.726. The first-order chi connectivity index (χ1) is 6.56. The van der Waals surface area contributed by atoms with E-state index < -0.39 is 0 Å². The molecule has 1 heterocycles. The highest BCUT2D eigenvalue weighted by molar-refractivity contribution is 5.20. The van der Waals surface area contributed by atoms with Crippen LogP contribution in [0.5, 0.6) is 0 Å². The molecule has 1 rings (SSSR count). The van der Waals surface area contributed by atoms with Crippen LogP contribution in [0.3, 0.4) is 0 Å². The third-order valence-electron chi connectivity index (χ3n) is 2.42. The lowest BCUT2D eigenvalue weighted by Gasteiger charge is -2.19. The van der Waals surface area contributed by atoms with Crippen molar-refractivity contribution in [3.05, 3.63) is 17.5 Å². The van der Waals surface area contributed by atoms with Crippen LogP contribution in [0.25, 0.3) is 0 Å². The molecule has 1 aromatic rings. The molecule has 0 radical (unpaired) electrons. The SMILES string of the molecule is Cc1c(C(CN)NC(C)C)cnn1C. The van der Waals surface area contributed by atoms with Gasteiger partial charge in [0.1, 0.15) is 0 Å². The van der Waals surface area contributed by atoms with Crippen LogP contribution in [-0.4, -0.2) is 22.4 Å². The van der Waals surface area contributed by atoms with Gasteiger partial charge in [0.05, 0.1) is 6.20 Å². The van der Waals surface area contributed by atoms with Gasteiger partial charge in [-0.15, -0.1) is 0 Å². The molecule has 0 amide bonds. The van der Waals surface area contributed by atoms with E-state index in [9.17, 15) is 0 Å². The van der Waals surface area contributed by atoms with E-state index in [0.717, 1.165) is 0 Å². The summed E-state index contributed by atoms with van der Waals surface area (Å²) in [4.78, 5) is 0. The molecule has 1 aromatic heterocycles. The maximum Gasteiger partial charge on any atom is 0.0540 e. The standard InChI is InChI=1S/C10H20N4/c1-7(2)13-10(5-11)9-6-12-14(4)8(9)3/h6-7,10,13H,5,11H2,1-4H3. The van der Waals surface area contributed by atoms with Gasteiger partial charge in [0.2, 0.25) is 0 Å². The summed E-state index contributed by atoms with van der Waals surface area (Å²) in [5.74, 6) is 0. The van der Waals surface area contributed by atoms with E-state index in [0.29, 0.717) is 12.6 Å². The van der Waals surface area contributed by atoms with E-state index in [1.165, 1.54) is 11.3 Å². The lowest BCUT2D eigenvalue weighted by molar-refractivity contribution is 0.481. The summed E-state index contributed by atoms with van der Waals surface area (Å²) >= 11 is 0. The number of aromatic nitrogens is 2. The molecule has 1 atom stereocenters. The minimum absolute atomic E-state index is 0.212. The van der Waals surface area contributed by atoms with Gasteiger partial charge in [0.25, 0.3) is 0 Å². The minimum Gasteiger partial charge on any atom is -0.329 e. The van der Waals surface area contributed by atoms with Crippen LogP contribution >= 0.6 is 0 Å². The summed E-state index contributed by atoms with van der Waals surface area (Å²) in [5.41, 5.74) is 8.10. The van der Waals surface area contributed by atoms with Gasteiger partial charge >= 0.3 is 0 Å². The van der Waals surface area contributed by atoms with Crippen molar-refractivity contribution in [2.24, 2.45) is 12.8 Å².